The number of hydrogen-bond donors (Lipinski definition) is 1. The van der Waals surface area contributed by atoms with Gasteiger partial charge in [0, 0.05) is 6.04 Å². The second kappa shape index (κ2) is 8.15. The van der Waals surface area contributed by atoms with Crippen LogP contribution < -0.4 is 10.1 Å². The summed E-state index contributed by atoms with van der Waals surface area (Å²) in [5.41, 5.74) is 1.35. The van der Waals surface area contributed by atoms with Gasteiger partial charge < -0.3 is 10.1 Å². The Morgan fingerprint density at radius 2 is 2.06 bits per heavy atom. The zero-order valence-corrected chi connectivity index (χ0v) is 12.2. The topological polar surface area (TPSA) is 21.3 Å². The molecule has 0 spiro atoms. The van der Waals surface area contributed by atoms with Crippen LogP contribution in [0.3, 0.4) is 0 Å². The Bertz CT molecular complexity index is 338. The van der Waals surface area contributed by atoms with Crippen molar-refractivity contribution in [2.24, 2.45) is 5.92 Å². The van der Waals surface area contributed by atoms with Crippen LogP contribution in [0.5, 0.6) is 5.75 Å². The van der Waals surface area contributed by atoms with Gasteiger partial charge in [-0.05, 0) is 43.0 Å². The summed E-state index contributed by atoms with van der Waals surface area (Å²) in [6.07, 6.45) is 3.47. The maximum Gasteiger partial charge on any atom is 0.119 e. The third-order valence-electron chi connectivity index (χ3n) is 3.58. The molecule has 1 aromatic rings. The molecule has 0 radical (unpaired) electrons. The molecule has 102 valence electrons. The zero-order chi connectivity index (χ0) is 13.4. The summed E-state index contributed by atoms with van der Waals surface area (Å²) in [4.78, 5) is 0. The summed E-state index contributed by atoms with van der Waals surface area (Å²) in [5.74, 6) is 1.65. The minimum absolute atomic E-state index is 0.557. The van der Waals surface area contributed by atoms with Crippen LogP contribution >= 0.6 is 0 Å². The summed E-state index contributed by atoms with van der Waals surface area (Å²) < 4.78 is 5.28. The molecule has 1 N–H and O–H groups in total. The van der Waals surface area contributed by atoms with E-state index in [1.807, 2.05) is 6.07 Å². The van der Waals surface area contributed by atoms with Crippen molar-refractivity contribution in [2.45, 2.75) is 46.1 Å². The molecule has 0 saturated carbocycles. The molecule has 0 aliphatic rings. The Morgan fingerprint density at radius 3 is 2.67 bits per heavy atom. The third kappa shape index (κ3) is 4.69. The Balaban J connectivity index is 2.68. The maximum absolute atomic E-state index is 5.28. The van der Waals surface area contributed by atoms with Crippen LogP contribution in [-0.2, 0) is 6.42 Å². The van der Waals surface area contributed by atoms with E-state index in [0.29, 0.717) is 12.0 Å². The second-order valence-electron chi connectivity index (χ2n) is 5.00. The molecule has 2 nitrogen and oxygen atoms in total. The molecular formula is C16H27NO. The van der Waals surface area contributed by atoms with Gasteiger partial charge in [0.05, 0.1) is 7.11 Å². The number of ether oxygens (including phenoxy) is 1. The number of methoxy groups -OCH3 is 1. The molecule has 2 atom stereocenters. The molecule has 0 fully saturated rings. The standard InChI is InChI=1S/C16H27NO/c1-5-10-17-16(13(3)6-2)12-14-8-7-9-15(11-14)18-4/h7-9,11,13,16-17H,5-6,10,12H2,1-4H3. The number of hydrogen-bond acceptors (Lipinski definition) is 2. The first kappa shape index (κ1) is 15.0. The van der Waals surface area contributed by atoms with Crippen molar-refractivity contribution in [2.75, 3.05) is 13.7 Å². The van der Waals surface area contributed by atoms with E-state index in [1.54, 1.807) is 7.11 Å². The van der Waals surface area contributed by atoms with E-state index in [1.165, 1.54) is 18.4 Å². The predicted octanol–water partition coefficient (Wildman–Crippen LogP) is 3.65. The first-order chi connectivity index (χ1) is 8.71. The monoisotopic (exact) mass is 249 g/mol. The number of benzene rings is 1. The molecule has 2 heteroatoms. The summed E-state index contributed by atoms with van der Waals surface area (Å²) >= 11 is 0. The smallest absolute Gasteiger partial charge is 0.119 e. The SMILES string of the molecule is CCCNC(Cc1cccc(OC)c1)C(C)CC. The maximum atomic E-state index is 5.28. The van der Waals surface area contributed by atoms with Crippen molar-refractivity contribution in [3.8, 4) is 5.75 Å². The van der Waals surface area contributed by atoms with E-state index in [4.69, 9.17) is 4.74 Å². The van der Waals surface area contributed by atoms with Crippen LogP contribution in [0.2, 0.25) is 0 Å². The molecule has 2 unspecified atom stereocenters. The Labute approximate surface area is 112 Å². The van der Waals surface area contributed by atoms with E-state index in [0.717, 1.165) is 18.7 Å². The molecule has 0 aliphatic carbocycles. The third-order valence-corrected chi connectivity index (χ3v) is 3.58. The molecule has 0 aliphatic heterocycles. The van der Waals surface area contributed by atoms with Gasteiger partial charge in [0.2, 0.25) is 0 Å². The minimum Gasteiger partial charge on any atom is -0.497 e. The van der Waals surface area contributed by atoms with Gasteiger partial charge in [-0.25, -0.2) is 0 Å². The van der Waals surface area contributed by atoms with E-state index in [2.05, 4.69) is 44.3 Å². The van der Waals surface area contributed by atoms with E-state index in [-0.39, 0.29) is 0 Å². The summed E-state index contributed by atoms with van der Waals surface area (Å²) in [5, 5.41) is 3.67. The molecule has 0 bridgehead atoms. The molecule has 0 heterocycles. The van der Waals surface area contributed by atoms with Gasteiger partial charge in [-0.1, -0.05) is 39.3 Å². The Kier molecular flexibility index (Phi) is 6.81. The lowest BCUT2D eigenvalue weighted by Gasteiger charge is -2.24. The van der Waals surface area contributed by atoms with Crippen LogP contribution in [0.25, 0.3) is 0 Å². The van der Waals surface area contributed by atoms with Crippen molar-refractivity contribution in [3.05, 3.63) is 29.8 Å². The van der Waals surface area contributed by atoms with Crippen molar-refractivity contribution < 1.29 is 4.74 Å². The number of nitrogens with one attached hydrogen (secondary N) is 1. The molecular weight excluding hydrogens is 222 g/mol. The van der Waals surface area contributed by atoms with Gasteiger partial charge in [0.15, 0.2) is 0 Å². The van der Waals surface area contributed by atoms with Gasteiger partial charge in [0.25, 0.3) is 0 Å². The van der Waals surface area contributed by atoms with E-state index < -0.39 is 0 Å². The lowest BCUT2D eigenvalue weighted by Crippen LogP contribution is -2.37. The lowest BCUT2D eigenvalue weighted by molar-refractivity contribution is 0.364. The molecule has 0 aromatic heterocycles. The first-order valence-electron chi connectivity index (χ1n) is 7.07. The summed E-state index contributed by atoms with van der Waals surface area (Å²) in [6, 6.07) is 8.96. The van der Waals surface area contributed by atoms with Gasteiger partial charge in [0.1, 0.15) is 5.75 Å². The van der Waals surface area contributed by atoms with E-state index >= 15 is 0 Å². The highest BCUT2D eigenvalue weighted by molar-refractivity contribution is 5.29. The predicted molar refractivity (Wildman–Crippen MR) is 78.2 cm³/mol. The Morgan fingerprint density at radius 1 is 1.28 bits per heavy atom. The van der Waals surface area contributed by atoms with Crippen LogP contribution in [0.15, 0.2) is 24.3 Å². The van der Waals surface area contributed by atoms with Crippen LogP contribution in [-0.4, -0.2) is 19.7 Å². The largest absolute Gasteiger partial charge is 0.497 e. The minimum atomic E-state index is 0.557. The molecule has 1 rings (SSSR count). The zero-order valence-electron chi connectivity index (χ0n) is 12.2. The van der Waals surface area contributed by atoms with Crippen molar-refractivity contribution >= 4 is 0 Å². The van der Waals surface area contributed by atoms with Gasteiger partial charge in [-0.15, -0.1) is 0 Å². The van der Waals surface area contributed by atoms with Crippen molar-refractivity contribution in [3.63, 3.8) is 0 Å². The summed E-state index contributed by atoms with van der Waals surface area (Å²) in [6.45, 7) is 7.90. The van der Waals surface area contributed by atoms with Gasteiger partial charge in [-0.2, -0.15) is 0 Å². The highest BCUT2D eigenvalue weighted by atomic mass is 16.5. The number of rotatable bonds is 8. The van der Waals surface area contributed by atoms with Crippen LogP contribution in [0.4, 0.5) is 0 Å². The molecule has 1 aromatic carbocycles. The summed E-state index contributed by atoms with van der Waals surface area (Å²) in [7, 11) is 1.72. The lowest BCUT2D eigenvalue weighted by atomic mass is 9.93. The highest BCUT2D eigenvalue weighted by Crippen LogP contribution is 2.18. The fourth-order valence-corrected chi connectivity index (χ4v) is 2.14. The average Bonchev–Trinajstić information content (AvgIpc) is 2.42. The van der Waals surface area contributed by atoms with Crippen LogP contribution in [0, 0.1) is 5.92 Å². The highest BCUT2D eigenvalue weighted by Gasteiger charge is 2.15. The van der Waals surface area contributed by atoms with Gasteiger partial charge in [-0.3, -0.25) is 0 Å². The fraction of sp³-hybridized carbons (Fsp3) is 0.625. The molecule has 18 heavy (non-hydrogen) atoms. The normalized spacial score (nSPS) is 14.2. The fourth-order valence-electron chi connectivity index (χ4n) is 2.14. The quantitative estimate of drug-likeness (QED) is 0.759. The Hall–Kier alpha value is -1.02. The second-order valence-corrected chi connectivity index (χ2v) is 5.00. The van der Waals surface area contributed by atoms with E-state index in [9.17, 15) is 0 Å². The first-order valence-corrected chi connectivity index (χ1v) is 7.07. The van der Waals surface area contributed by atoms with Crippen molar-refractivity contribution in [1.82, 2.24) is 5.32 Å². The van der Waals surface area contributed by atoms with Crippen molar-refractivity contribution in [1.29, 1.82) is 0 Å². The average molecular weight is 249 g/mol. The molecule has 0 saturated heterocycles. The van der Waals surface area contributed by atoms with Gasteiger partial charge >= 0.3 is 0 Å². The van der Waals surface area contributed by atoms with Crippen LogP contribution in [0.1, 0.15) is 39.2 Å². The molecule has 0 amide bonds.